The fourth-order valence-electron chi connectivity index (χ4n) is 2.86. The fourth-order valence-corrected chi connectivity index (χ4v) is 4.99. The van der Waals surface area contributed by atoms with E-state index in [4.69, 9.17) is 4.74 Å². The lowest BCUT2D eigenvalue weighted by atomic mass is 10.1. The Morgan fingerprint density at radius 2 is 1.92 bits per heavy atom. The number of amides is 1. The van der Waals surface area contributed by atoms with E-state index in [1.165, 1.54) is 12.1 Å². The van der Waals surface area contributed by atoms with Crippen LogP contribution in [0.2, 0.25) is 0 Å². The molecule has 0 unspecified atom stereocenters. The second kappa shape index (κ2) is 7.96. The van der Waals surface area contributed by atoms with Crippen molar-refractivity contribution in [3.63, 3.8) is 0 Å². The molecule has 1 aliphatic heterocycles. The first-order valence-corrected chi connectivity index (χ1v) is 9.88. The van der Waals surface area contributed by atoms with Crippen LogP contribution in [0.15, 0.2) is 24.3 Å². The van der Waals surface area contributed by atoms with Crippen LogP contribution < -0.4 is 4.74 Å². The summed E-state index contributed by atoms with van der Waals surface area (Å²) < 4.78 is 43.2. The van der Waals surface area contributed by atoms with Crippen molar-refractivity contribution in [1.82, 2.24) is 4.90 Å². The number of halogens is 1. The summed E-state index contributed by atoms with van der Waals surface area (Å²) in [7, 11) is -3.11. The quantitative estimate of drug-likeness (QED) is 0.783. The van der Waals surface area contributed by atoms with E-state index in [0.29, 0.717) is 25.9 Å². The summed E-state index contributed by atoms with van der Waals surface area (Å²) >= 11 is 0. The molecular weight excluding hydrogens is 333 g/mol. The molecule has 0 bridgehead atoms. The molecule has 5 nitrogen and oxygen atoms in total. The molecule has 1 heterocycles. The minimum Gasteiger partial charge on any atom is -0.481 e. The van der Waals surface area contributed by atoms with Crippen LogP contribution in [-0.4, -0.2) is 49.9 Å². The summed E-state index contributed by atoms with van der Waals surface area (Å²) in [6, 6.07) is 5.92. The van der Waals surface area contributed by atoms with Gasteiger partial charge in [0.25, 0.3) is 5.91 Å². The fraction of sp³-hybridized carbons (Fsp3) is 0.588. The second-order valence-corrected chi connectivity index (χ2v) is 8.85. The Hall–Kier alpha value is -1.63. The van der Waals surface area contributed by atoms with Gasteiger partial charge in [0, 0.05) is 13.1 Å². The van der Waals surface area contributed by atoms with Gasteiger partial charge in [0.2, 0.25) is 0 Å². The first-order chi connectivity index (χ1) is 11.3. The molecule has 0 aliphatic carbocycles. The summed E-state index contributed by atoms with van der Waals surface area (Å²) in [5, 5.41) is -0.378. The molecule has 134 valence electrons. The molecule has 0 aromatic heterocycles. The lowest BCUT2D eigenvalue weighted by Gasteiger charge is -2.32. The van der Waals surface area contributed by atoms with Gasteiger partial charge in [-0.25, -0.2) is 12.8 Å². The maximum Gasteiger partial charge on any atom is 0.260 e. The van der Waals surface area contributed by atoms with Gasteiger partial charge in [-0.2, -0.15) is 0 Å². The van der Waals surface area contributed by atoms with Crippen LogP contribution in [0, 0.1) is 11.7 Å². The van der Waals surface area contributed by atoms with E-state index in [2.05, 4.69) is 0 Å². The van der Waals surface area contributed by atoms with Crippen molar-refractivity contribution >= 4 is 15.7 Å². The number of hydrogen-bond acceptors (Lipinski definition) is 4. The van der Waals surface area contributed by atoms with Gasteiger partial charge in [0.15, 0.2) is 28.0 Å². The van der Waals surface area contributed by atoms with E-state index in [1.54, 1.807) is 17.0 Å². The number of hydrogen-bond donors (Lipinski definition) is 0. The first kappa shape index (κ1) is 18.7. The van der Waals surface area contributed by atoms with Crippen LogP contribution in [0.3, 0.4) is 0 Å². The zero-order valence-corrected chi connectivity index (χ0v) is 14.9. The summed E-state index contributed by atoms with van der Waals surface area (Å²) in [5.74, 6) is -0.437. The van der Waals surface area contributed by atoms with E-state index in [0.717, 1.165) is 0 Å². The van der Waals surface area contributed by atoms with Gasteiger partial charge >= 0.3 is 0 Å². The third-order valence-electron chi connectivity index (χ3n) is 4.06. The third-order valence-corrected chi connectivity index (χ3v) is 6.67. The Morgan fingerprint density at radius 1 is 1.29 bits per heavy atom. The Bertz CT molecular complexity index is 667. The van der Waals surface area contributed by atoms with Crippen molar-refractivity contribution in [1.29, 1.82) is 0 Å². The van der Waals surface area contributed by atoms with Crippen molar-refractivity contribution in [2.24, 2.45) is 5.92 Å². The van der Waals surface area contributed by atoms with Gasteiger partial charge in [0.1, 0.15) is 0 Å². The molecule has 1 aromatic carbocycles. The highest BCUT2D eigenvalue weighted by atomic mass is 32.2. The van der Waals surface area contributed by atoms with Gasteiger partial charge in [-0.1, -0.05) is 26.0 Å². The first-order valence-electron chi connectivity index (χ1n) is 8.16. The molecule has 0 atom stereocenters. The summed E-state index contributed by atoms with van der Waals surface area (Å²) in [6.07, 6.45) is 0.890. The minimum absolute atomic E-state index is 0.0419. The van der Waals surface area contributed by atoms with Crippen molar-refractivity contribution in [3.8, 4) is 5.75 Å². The summed E-state index contributed by atoms with van der Waals surface area (Å²) in [6.45, 7) is 4.31. The smallest absolute Gasteiger partial charge is 0.260 e. The predicted molar refractivity (Wildman–Crippen MR) is 90.1 cm³/mol. The standard InChI is InChI=1S/C17H24FNO4S/c1-13(2)12-24(21,22)14-7-9-19(10-8-14)17(20)11-23-16-6-4-3-5-15(16)18/h3-6,13-14H,7-12H2,1-2H3. The molecule has 1 saturated heterocycles. The number of carbonyl (C=O) groups excluding carboxylic acids is 1. The van der Waals surface area contributed by atoms with Crippen molar-refractivity contribution in [2.45, 2.75) is 31.9 Å². The van der Waals surface area contributed by atoms with Crippen LogP contribution in [0.4, 0.5) is 4.39 Å². The van der Waals surface area contributed by atoms with Gasteiger partial charge in [-0.3, -0.25) is 4.79 Å². The van der Waals surface area contributed by atoms with Crippen molar-refractivity contribution in [3.05, 3.63) is 30.1 Å². The highest BCUT2D eigenvalue weighted by Crippen LogP contribution is 2.21. The van der Waals surface area contributed by atoms with E-state index in [9.17, 15) is 17.6 Å². The predicted octanol–water partition coefficient (Wildman–Crippen LogP) is 2.27. The average molecular weight is 357 g/mol. The molecular formula is C17H24FNO4S. The number of para-hydroxylation sites is 1. The molecule has 2 rings (SSSR count). The normalized spacial score (nSPS) is 16.4. The highest BCUT2D eigenvalue weighted by Gasteiger charge is 2.31. The number of likely N-dealkylation sites (tertiary alicyclic amines) is 1. The number of sulfone groups is 1. The highest BCUT2D eigenvalue weighted by molar-refractivity contribution is 7.92. The van der Waals surface area contributed by atoms with Crippen molar-refractivity contribution < 1.29 is 22.3 Å². The Balaban J connectivity index is 1.84. The van der Waals surface area contributed by atoms with E-state index >= 15 is 0 Å². The SMILES string of the molecule is CC(C)CS(=O)(=O)C1CCN(C(=O)COc2ccccc2F)CC1. The third kappa shape index (κ3) is 4.93. The van der Waals surface area contributed by atoms with Gasteiger partial charge in [-0.05, 0) is 30.9 Å². The molecule has 24 heavy (non-hydrogen) atoms. The number of benzene rings is 1. The largest absolute Gasteiger partial charge is 0.481 e. The monoisotopic (exact) mass is 357 g/mol. The topological polar surface area (TPSA) is 63.7 Å². The number of piperidine rings is 1. The molecule has 1 aromatic rings. The van der Waals surface area contributed by atoms with E-state index < -0.39 is 15.7 Å². The van der Waals surface area contributed by atoms with Crippen LogP contribution in [0.5, 0.6) is 5.75 Å². The number of rotatable bonds is 6. The van der Waals surface area contributed by atoms with Crippen LogP contribution in [-0.2, 0) is 14.6 Å². The lowest BCUT2D eigenvalue weighted by molar-refractivity contribution is -0.134. The average Bonchev–Trinajstić information content (AvgIpc) is 2.53. The van der Waals surface area contributed by atoms with Crippen LogP contribution in [0.1, 0.15) is 26.7 Å². The van der Waals surface area contributed by atoms with Crippen LogP contribution in [0.25, 0.3) is 0 Å². The van der Waals surface area contributed by atoms with Crippen molar-refractivity contribution in [2.75, 3.05) is 25.4 Å². The zero-order chi connectivity index (χ0) is 17.7. The Morgan fingerprint density at radius 3 is 2.50 bits per heavy atom. The Kier molecular flexibility index (Phi) is 6.21. The molecule has 0 N–H and O–H groups in total. The maximum atomic E-state index is 13.5. The molecule has 1 fully saturated rings. The van der Waals surface area contributed by atoms with Gasteiger partial charge in [0.05, 0.1) is 11.0 Å². The van der Waals surface area contributed by atoms with Crippen LogP contribution >= 0.6 is 0 Å². The minimum atomic E-state index is -3.11. The van der Waals surface area contributed by atoms with Gasteiger partial charge in [-0.15, -0.1) is 0 Å². The number of ether oxygens (including phenoxy) is 1. The van der Waals surface area contributed by atoms with E-state index in [-0.39, 0.29) is 35.2 Å². The Labute approximate surface area is 142 Å². The molecule has 1 aliphatic rings. The number of carbonyl (C=O) groups is 1. The zero-order valence-electron chi connectivity index (χ0n) is 14.1. The van der Waals surface area contributed by atoms with E-state index in [1.807, 2.05) is 13.8 Å². The summed E-state index contributed by atoms with van der Waals surface area (Å²) in [5.41, 5.74) is 0. The summed E-state index contributed by atoms with van der Waals surface area (Å²) in [4.78, 5) is 13.7. The lowest BCUT2D eigenvalue weighted by Crippen LogP contribution is -2.45. The maximum absolute atomic E-state index is 13.5. The second-order valence-electron chi connectivity index (χ2n) is 6.52. The molecule has 0 saturated carbocycles. The number of nitrogens with zero attached hydrogens (tertiary/aromatic N) is 1. The van der Waals surface area contributed by atoms with Gasteiger partial charge < -0.3 is 9.64 Å². The molecule has 0 spiro atoms. The molecule has 1 amide bonds. The molecule has 7 heteroatoms. The molecule has 0 radical (unpaired) electrons.